The smallest absolute Gasteiger partial charge is 0.161 e. The normalized spacial score (nSPS) is 10.8. The van der Waals surface area contributed by atoms with Crippen LogP contribution in [0, 0.1) is 25.2 Å². The number of aromatic amines is 2. The maximum absolute atomic E-state index is 11.7. The number of nitrogens with one attached hydrogen (secondary N) is 2. The molecule has 0 bridgehead atoms. The Morgan fingerprint density at radius 3 is 2.67 bits per heavy atom. The van der Waals surface area contributed by atoms with E-state index in [-0.39, 0.29) is 5.78 Å². The van der Waals surface area contributed by atoms with Gasteiger partial charge in [-0.2, -0.15) is 5.26 Å². The van der Waals surface area contributed by atoms with Crippen molar-refractivity contribution in [3.63, 3.8) is 0 Å². The molecule has 2 N–H and O–H groups in total. The number of H-pyrrole nitrogens is 2. The number of nitrogens with zero attached hydrogens (tertiary/aromatic N) is 2. The zero-order valence-electron chi connectivity index (χ0n) is 12.0. The highest BCUT2D eigenvalue weighted by atomic mass is 16.1. The summed E-state index contributed by atoms with van der Waals surface area (Å²) < 4.78 is 0. The fraction of sp³-hybridized carbons (Fsp3) is 0.188. The summed E-state index contributed by atoms with van der Waals surface area (Å²) in [5, 5.41) is 8.93. The van der Waals surface area contributed by atoms with Crippen LogP contribution in [0.5, 0.6) is 0 Å². The van der Waals surface area contributed by atoms with Crippen molar-refractivity contribution >= 4 is 16.8 Å². The van der Waals surface area contributed by atoms with Crippen molar-refractivity contribution in [3.8, 4) is 17.6 Å². The molecule has 3 aromatic rings. The Hall–Kier alpha value is -2.87. The predicted octanol–water partition coefficient (Wildman–Crippen LogP) is 3.25. The van der Waals surface area contributed by atoms with Gasteiger partial charge in [-0.25, -0.2) is 4.98 Å². The van der Waals surface area contributed by atoms with E-state index >= 15 is 0 Å². The van der Waals surface area contributed by atoms with Crippen LogP contribution in [0.2, 0.25) is 0 Å². The van der Waals surface area contributed by atoms with Gasteiger partial charge in [-0.3, -0.25) is 4.79 Å². The standard InChI is InChI=1S/C16H14N4O/c1-8-14(10(3)21)9(2)18-15(8)16-19-12-5-4-11(7-17)6-13(12)20-16/h4-6,18H,1-3H3,(H,19,20). The van der Waals surface area contributed by atoms with Crippen LogP contribution >= 0.6 is 0 Å². The highest BCUT2D eigenvalue weighted by Gasteiger charge is 2.18. The lowest BCUT2D eigenvalue weighted by atomic mass is 10.1. The summed E-state index contributed by atoms with van der Waals surface area (Å²) in [6.45, 7) is 5.35. The molecule has 104 valence electrons. The maximum Gasteiger partial charge on any atom is 0.161 e. The zero-order valence-corrected chi connectivity index (χ0v) is 12.0. The minimum absolute atomic E-state index is 0.0374. The number of nitriles is 1. The van der Waals surface area contributed by atoms with Gasteiger partial charge in [0.1, 0.15) is 0 Å². The van der Waals surface area contributed by atoms with Crippen molar-refractivity contribution in [2.75, 3.05) is 0 Å². The number of aryl methyl sites for hydroxylation is 1. The van der Waals surface area contributed by atoms with Gasteiger partial charge >= 0.3 is 0 Å². The van der Waals surface area contributed by atoms with Gasteiger partial charge in [0.2, 0.25) is 0 Å². The molecule has 0 saturated heterocycles. The maximum atomic E-state index is 11.7. The molecule has 0 spiro atoms. The van der Waals surface area contributed by atoms with Gasteiger partial charge in [0.25, 0.3) is 0 Å². The molecule has 2 aromatic heterocycles. The highest BCUT2D eigenvalue weighted by Crippen LogP contribution is 2.27. The number of rotatable bonds is 2. The first-order valence-corrected chi connectivity index (χ1v) is 6.61. The second-order valence-corrected chi connectivity index (χ2v) is 5.11. The molecule has 5 heteroatoms. The molecule has 5 nitrogen and oxygen atoms in total. The van der Waals surface area contributed by atoms with Crippen LogP contribution in [-0.2, 0) is 0 Å². The molecular formula is C16H14N4O. The van der Waals surface area contributed by atoms with Gasteiger partial charge in [-0.15, -0.1) is 0 Å². The average Bonchev–Trinajstić information content (AvgIpc) is 2.98. The number of carbonyl (C=O) groups excluding carboxylic acids is 1. The number of imidazole rings is 1. The summed E-state index contributed by atoms with van der Waals surface area (Å²) in [5.74, 6) is 0.712. The molecule has 0 unspecified atom stereocenters. The SMILES string of the molecule is CC(=O)c1c(C)[nH]c(-c2nc3cc(C#N)ccc3[nH]2)c1C. The number of ketones is 1. The van der Waals surface area contributed by atoms with E-state index in [0.29, 0.717) is 17.0 Å². The summed E-state index contributed by atoms with van der Waals surface area (Å²) in [6, 6.07) is 7.43. The third kappa shape index (κ3) is 2.01. The zero-order chi connectivity index (χ0) is 15.1. The van der Waals surface area contributed by atoms with Crippen LogP contribution in [0.1, 0.15) is 34.1 Å². The molecule has 0 aliphatic heterocycles. The molecular weight excluding hydrogens is 264 g/mol. The van der Waals surface area contributed by atoms with Gasteiger partial charge in [-0.05, 0) is 44.5 Å². The number of hydrogen-bond acceptors (Lipinski definition) is 3. The molecule has 0 saturated carbocycles. The summed E-state index contributed by atoms with van der Waals surface area (Å²) in [7, 11) is 0. The molecule has 21 heavy (non-hydrogen) atoms. The second kappa shape index (κ2) is 4.60. The Balaban J connectivity index is 2.19. The van der Waals surface area contributed by atoms with Gasteiger partial charge < -0.3 is 9.97 Å². The van der Waals surface area contributed by atoms with Crippen molar-refractivity contribution < 1.29 is 4.79 Å². The summed E-state index contributed by atoms with van der Waals surface area (Å²) >= 11 is 0. The van der Waals surface area contributed by atoms with Crippen molar-refractivity contribution in [1.29, 1.82) is 5.26 Å². The second-order valence-electron chi connectivity index (χ2n) is 5.11. The molecule has 0 radical (unpaired) electrons. The van der Waals surface area contributed by atoms with E-state index in [4.69, 9.17) is 5.26 Å². The molecule has 2 heterocycles. The lowest BCUT2D eigenvalue weighted by Gasteiger charge is -1.96. The predicted molar refractivity (Wildman–Crippen MR) is 80.1 cm³/mol. The first kappa shape index (κ1) is 13.1. The summed E-state index contributed by atoms with van der Waals surface area (Å²) in [4.78, 5) is 22.7. The van der Waals surface area contributed by atoms with Crippen LogP contribution in [0.4, 0.5) is 0 Å². The van der Waals surface area contributed by atoms with Crippen molar-refractivity contribution in [2.24, 2.45) is 0 Å². The van der Waals surface area contributed by atoms with E-state index in [0.717, 1.165) is 28.0 Å². The number of fused-ring (bicyclic) bond motifs is 1. The van der Waals surface area contributed by atoms with Crippen LogP contribution in [0.15, 0.2) is 18.2 Å². The molecule has 0 aliphatic rings. The largest absolute Gasteiger partial charge is 0.355 e. The van der Waals surface area contributed by atoms with E-state index in [9.17, 15) is 4.79 Å². The number of Topliss-reactive ketones (excluding diaryl/α,β-unsaturated/α-hetero) is 1. The minimum atomic E-state index is 0.0374. The fourth-order valence-corrected chi connectivity index (χ4v) is 2.71. The fourth-order valence-electron chi connectivity index (χ4n) is 2.71. The third-order valence-electron chi connectivity index (χ3n) is 3.64. The molecule has 0 atom stereocenters. The van der Waals surface area contributed by atoms with Crippen LogP contribution in [0.25, 0.3) is 22.6 Å². The molecule has 0 amide bonds. The Bertz CT molecular complexity index is 908. The van der Waals surface area contributed by atoms with Crippen molar-refractivity contribution in [3.05, 3.63) is 40.6 Å². The quantitative estimate of drug-likeness (QED) is 0.705. The number of carbonyl (C=O) groups is 1. The van der Waals surface area contributed by atoms with Crippen molar-refractivity contribution in [1.82, 2.24) is 15.0 Å². The Morgan fingerprint density at radius 1 is 1.29 bits per heavy atom. The van der Waals surface area contributed by atoms with Crippen LogP contribution in [-0.4, -0.2) is 20.7 Å². The van der Waals surface area contributed by atoms with Gasteiger partial charge in [0.05, 0.1) is 28.4 Å². The molecule has 1 aromatic carbocycles. The minimum Gasteiger partial charge on any atom is -0.355 e. The first-order chi connectivity index (χ1) is 10.0. The lowest BCUT2D eigenvalue weighted by Crippen LogP contribution is -1.94. The number of hydrogen-bond donors (Lipinski definition) is 2. The molecule has 0 fully saturated rings. The van der Waals surface area contributed by atoms with Gasteiger partial charge in [-0.1, -0.05) is 0 Å². The molecule has 3 rings (SSSR count). The Labute approximate surface area is 121 Å². The van der Waals surface area contributed by atoms with Crippen molar-refractivity contribution in [2.45, 2.75) is 20.8 Å². The van der Waals surface area contributed by atoms with E-state index in [1.807, 2.05) is 19.9 Å². The van der Waals surface area contributed by atoms with E-state index in [1.165, 1.54) is 0 Å². The van der Waals surface area contributed by atoms with E-state index in [1.54, 1.807) is 19.1 Å². The average molecular weight is 278 g/mol. The third-order valence-corrected chi connectivity index (χ3v) is 3.64. The first-order valence-electron chi connectivity index (χ1n) is 6.61. The highest BCUT2D eigenvalue weighted by molar-refractivity contribution is 5.98. The summed E-state index contributed by atoms with van der Waals surface area (Å²) in [6.07, 6.45) is 0. The van der Waals surface area contributed by atoms with Gasteiger partial charge in [0, 0.05) is 11.3 Å². The number of benzene rings is 1. The van der Waals surface area contributed by atoms with Gasteiger partial charge in [0.15, 0.2) is 11.6 Å². The topological polar surface area (TPSA) is 85.3 Å². The monoisotopic (exact) mass is 278 g/mol. The lowest BCUT2D eigenvalue weighted by molar-refractivity contribution is 0.101. The van der Waals surface area contributed by atoms with E-state index < -0.39 is 0 Å². The number of aromatic nitrogens is 3. The van der Waals surface area contributed by atoms with Crippen LogP contribution in [0.3, 0.4) is 0 Å². The van der Waals surface area contributed by atoms with E-state index in [2.05, 4.69) is 21.0 Å². The molecule has 0 aliphatic carbocycles. The summed E-state index contributed by atoms with van der Waals surface area (Å²) in [5.41, 5.74) is 5.42. The Morgan fingerprint density at radius 2 is 2.05 bits per heavy atom. The van der Waals surface area contributed by atoms with Crippen LogP contribution < -0.4 is 0 Å². The Kier molecular flexibility index (Phi) is 2.88.